The van der Waals surface area contributed by atoms with E-state index in [0.717, 1.165) is 39.4 Å². The van der Waals surface area contributed by atoms with Crippen molar-refractivity contribution >= 4 is 38.8 Å². The highest BCUT2D eigenvalue weighted by Gasteiger charge is 2.27. The number of aromatic nitrogens is 3. The van der Waals surface area contributed by atoms with E-state index in [1.807, 2.05) is 52.5 Å². The van der Waals surface area contributed by atoms with E-state index < -0.39 is 0 Å². The van der Waals surface area contributed by atoms with Crippen LogP contribution in [0.1, 0.15) is 10.5 Å². The van der Waals surface area contributed by atoms with Gasteiger partial charge in [0, 0.05) is 30.5 Å². The highest BCUT2D eigenvalue weighted by Crippen LogP contribution is 2.39. The topological polar surface area (TPSA) is 71.8 Å². The second kappa shape index (κ2) is 5.96. The number of carbonyl (C=O) groups is 1. The summed E-state index contributed by atoms with van der Waals surface area (Å²) in [7, 11) is 0. The molecule has 0 unspecified atom stereocenters. The van der Waals surface area contributed by atoms with Crippen LogP contribution in [0.3, 0.4) is 0 Å². The zero-order valence-electron chi connectivity index (χ0n) is 13.8. The van der Waals surface area contributed by atoms with Crippen molar-refractivity contribution in [2.24, 2.45) is 0 Å². The summed E-state index contributed by atoms with van der Waals surface area (Å²) in [4.78, 5) is 21.4. The first-order chi connectivity index (χ1) is 12.8. The number of hydrogen-bond donors (Lipinski definition) is 2. The van der Waals surface area contributed by atoms with Crippen LogP contribution in [-0.4, -0.2) is 27.0 Å². The van der Waals surface area contributed by atoms with Crippen molar-refractivity contribution < 1.29 is 4.79 Å². The lowest BCUT2D eigenvalue weighted by molar-refractivity contribution is 0.0929. The molecule has 0 fully saturated rings. The third-order valence-corrected chi connectivity index (χ3v) is 5.38. The SMILES string of the molecule is O=C1NCCn2cc(-c3ncnc4ccsc34)c(Nc3ccccc3)c21. The molecule has 0 atom stereocenters. The fourth-order valence-corrected chi connectivity index (χ4v) is 4.15. The van der Waals surface area contributed by atoms with Crippen LogP contribution in [0.4, 0.5) is 11.4 Å². The second-order valence-corrected chi connectivity index (χ2v) is 6.98. The number of para-hydroxylation sites is 1. The predicted molar refractivity (Wildman–Crippen MR) is 103 cm³/mol. The van der Waals surface area contributed by atoms with Crippen molar-refractivity contribution in [3.63, 3.8) is 0 Å². The van der Waals surface area contributed by atoms with E-state index in [4.69, 9.17) is 0 Å². The number of carbonyl (C=O) groups excluding carboxylic acids is 1. The Kier molecular flexibility index (Phi) is 3.46. The lowest BCUT2D eigenvalue weighted by Crippen LogP contribution is -2.35. The Morgan fingerprint density at radius 3 is 2.92 bits per heavy atom. The Balaban J connectivity index is 1.75. The first-order valence-electron chi connectivity index (χ1n) is 8.33. The van der Waals surface area contributed by atoms with Crippen LogP contribution in [0.2, 0.25) is 0 Å². The summed E-state index contributed by atoms with van der Waals surface area (Å²) in [6.07, 6.45) is 3.59. The Hall–Kier alpha value is -3.19. The molecule has 128 valence electrons. The highest BCUT2D eigenvalue weighted by atomic mass is 32.1. The molecule has 0 saturated heterocycles. The first kappa shape index (κ1) is 15.1. The summed E-state index contributed by atoms with van der Waals surface area (Å²) >= 11 is 1.61. The minimum Gasteiger partial charge on any atom is -0.353 e. The van der Waals surface area contributed by atoms with Crippen molar-refractivity contribution in [2.75, 3.05) is 11.9 Å². The van der Waals surface area contributed by atoms with E-state index in [1.54, 1.807) is 17.7 Å². The maximum Gasteiger partial charge on any atom is 0.270 e. The molecule has 5 rings (SSSR count). The summed E-state index contributed by atoms with van der Waals surface area (Å²) in [5, 5.41) is 8.37. The number of thiophene rings is 1. The number of hydrogen-bond acceptors (Lipinski definition) is 5. The van der Waals surface area contributed by atoms with Crippen LogP contribution < -0.4 is 10.6 Å². The molecule has 0 saturated carbocycles. The highest BCUT2D eigenvalue weighted by molar-refractivity contribution is 7.17. The van der Waals surface area contributed by atoms with Gasteiger partial charge in [-0.25, -0.2) is 9.97 Å². The molecule has 4 heterocycles. The average molecular weight is 361 g/mol. The largest absolute Gasteiger partial charge is 0.353 e. The molecular weight excluding hydrogens is 346 g/mol. The van der Waals surface area contributed by atoms with Gasteiger partial charge in [0.05, 0.1) is 21.6 Å². The molecule has 0 bridgehead atoms. The zero-order chi connectivity index (χ0) is 17.5. The molecule has 6 nitrogen and oxygen atoms in total. The summed E-state index contributed by atoms with van der Waals surface area (Å²) < 4.78 is 3.02. The average Bonchev–Trinajstić information content (AvgIpc) is 3.28. The van der Waals surface area contributed by atoms with Gasteiger partial charge in [-0.05, 0) is 23.6 Å². The van der Waals surface area contributed by atoms with Gasteiger partial charge >= 0.3 is 0 Å². The zero-order valence-corrected chi connectivity index (χ0v) is 14.6. The summed E-state index contributed by atoms with van der Waals surface area (Å²) in [5.41, 5.74) is 5.02. The molecule has 0 aliphatic carbocycles. The number of fused-ring (bicyclic) bond motifs is 2. The molecular formula is C19H15N5OS. The third-order valence-electron chi connectivity index (χ3n) is 4.47. The first-order valence-corrected chi connectivity index (χ1v) is 9.21. The number of anilines is 2. The van der Waals surface area contributed by atoms with E-state index in [2.05, 4.69) is 20.6 Å². The van der Waals surface area contributed by atoms with Crippen molar-refractivity contribution in [1.82, 2.24) is 19.9 Å². The monoisotopic (exact) mass is 361 g/mol. The van der Waals surface area contributed by atoms with Gasteiger partial charge in [-0.2, -0.15) is 0 Å². The van der Waals surface area contributed by atoms with Crippen molar-refractivity contribution in [2.45, 2.75) is 6.54 Å². The lowest BCUT2D eigenvalue weighted by atomic mass is 10.1. The van der Waals surface area contributed by atoms with Gasteiger partial charge in [-0.1, -0.05) is 18.2 Å². The predicted octanol–water partition coefficient (Wildman–Crippen LogP) is 3.65. The lowest BCUT2D eigenvalue weighted by Gasteiger charge is -2.17. The van der Waals surface area contributed by atoms with Gasteiger partial charge in [-0.3, -0.25) is 4.79 Å². The number of nitrogens with zero attached hydrogens (tertiary/aromatic N) is 3. The van der Waals surface area contributed by atoms with E-state index in [-0.39, 0.29) is 5.91 Å². The number of benzene rings is 1. The molecule has 0 spiro atoms. The molecule has 7 heteroatoms. The standard InChI is InChI=1S/C19H15N5OS/c25-19-17-15(23-12-4-2-1-3-5-12)13(10-24(17)8-7-20-19)16-18-14(6-9-26-18)21-11-22-16/h1-6,9-11,23H,7-8H2,(H,20,25). The molecule has 1 aromatic carbocycles. The van der Waals surface area contributed by atoms with Crippen LogP contribution in [-0.2, 0) is 6.54 Å². The van der Waals surface area contributed by atoms with Crippen molar-refractivity contribution in [1.29, 1.82) is 0 Å². The van der Waals surface area contributed by atoms with Gasteiger partial charge < -0.3 is 15.2 Å². The van der Waals surface area contributed by atoms with E-state index in [1.165, 1.54) is 0 Å². The summed E-state index contributed by atoms with van der Waals surface area (Å²) in [6, 6.07) is 11.8. The Morgan fingerprint density at radius 2 is 2.04 bits per heavy atom. The molecule has 1 aliphatic heterocycles. The number of rotatable bonds is 3. The molecule has 4 aromatic rings. The Labute approximate surface area is 153 Å². The maximum absolute atomic E-state index is 12.6. The number of amides is 1. The molecule has 0 radical (unpaired) electrons. The second-order valence-electron chi connectivity index (χ2n) is 6.06. The quantitative estimate of drug-likeness (QED) is 0.584. The van der Waals surface area contributed by atoms with Crippen molar-refractivity contribution in [3.05, 3.63) is 60.0 Å². The minimum atomic E-state index is -0.0718. The third kappa shape index (κ3) is 2.36. The van der Waals surface area contributed by atoms with Gasteiger partial charge in [0.2, 0.25) is 0 Å². The molecule has 3 aromatic heterocycles. The minimum absolute atomic E-state index is 0.0718. The number of nitrogens with one attached hydrogen (secondary N) is 2. The van der Waals surface area contributed by atoms with Crippen molar-refractivity contribution in [3.8, 4) is 11.3 Å². The Morgan fingerprint density at radius 1 is 1.15 bits per heavy atom. The maximum atomic E-state index is 12.6. The molecule has 26 heavy (non-hydrogen) atoms. The smallest absolute Gasteiger partial charge is 0.270 e. The van der Waals surface area contributed by atoms with E-state index >= 15 is 0 Å². The van der Waals surface area contributed by atoms with Crippen LogP contribution in [0, 0.1) is 0 Å². The normalized spacial score (nSPS) is 13.5. The van der Waals surface area contributed by atoms with Gasteiger partial charge in [0.25, 0.3) is 5.91 Å². The summed E-state index contributed by atoms with van der Waals surface area (Å²) in [5.74, 6) is -0.0718. The molecule has 1 amide bonds. The van der Waals surface area contributed by atoms with Crippen LogP contribution in [0.5, 0.6) is 0 Å². The van der Waals surface area contributed by atoms with Gasteiger partial charge in [0.15, 0.2) is 0 Å². The molecule has 1 aliphatic rings. The van der Waals surface area contributed by atoms with Gasteiger partial charge in [0.1, 0.15) is 12.0 Å². The van der Waals surface area contributed by atoms with Gasteiger partial charge in [-0.15, -0.1) is 11.3 Å². The Bertz CT molecular complexity index is 1120. The fraction of sp³-hybridized carbons (Fsp3) is 0.105. The van der Waals surface area contributed by atoms with E-state index in [0.29, 0.717) is 12.2 Å². The molecule has 2 N–H and O–H groups in total. The van der Waals surface area contributed by atoms with Crippen LogP contribution >= 0.6 is 11.3 Å². The summed E-state index contributed by atoms with van der Waals surface area (Å²) in [6.45, 7) is 1.37. The van der Waals surface area contributed by atoms with E-state index in [9.17, 15) is 4.79 Å². The fourth-order valence-electron chi connectivity index (χ4n) is 3.30. The van der Waals surface area contributed by atoms with Crippen LogP contribution in [0.15, 0.2) is 54.3 Å². The van der Waals surface area contributed by atoms with Crippen LogP contribution in [0.25, 0.3) is 21.5 Å².